The maximum atomic E-state index is 3.47. The molecule has 21 heavy (non-hydrogen) atoms. The number of hydrogen-bond acceptors (Lipinski definition) is 0. The average Bonchev–Trinajstić information content (AvgIpc) is 2.90. The van der Waals surface area contributed by atoms with E-state index >= 15 is 0 Å². The van der Waals surface area contributed by atoms with Crippen molar-refractivity contribution in [3.8, 4) is 11.3 Å². The third kappa shape index (κ3) is 2.49. The molecule has 2 aromatic carbocycles. The Labute approximate surface area is 127 Å². The van der Waals surface area contributed by atoms with Crippen LogP contribution in [0.25, 0.3) is 22.0 Å². The highest BCUT2D eigenvalue weighted by Gasteiger charge is 2.14. The van der Waals surface area contributed by atoms with Gasteiger partial charge in [0.05, 0.1) is 5.69 Å². The third-order valence-corrected chi connectivity index (χ3v) is 4.24. The van der Waals surface area contributed by atoms with Gasteiger partial charge in [0.1, 0.15) is 0 Å². The lowest BCUT2D eigenvalue weighted by Gasteiger charge is -2.16. The Hall–Kier alpha value is -2.02. The molecule has 0 bridgehead atoms. The highest BCUT2D eigenvalue weighted by atomic mass is 14.7. The molecule has 0 aliphatic heterocycles. The number of aromatic nitrogens is 1. The van der Waals surface area contributed by atoms with Crippen LogP contribution < -0.4 is 0 Å². The molecule has 0 amide bonds. The minimum Gasteiger partial charge on any atom is -0.360 e. The molecule has 1 N–H and O–H groups in total. The molecule has 1 nitrogen and oxygen atoms in total. The van der Waals surface area contributed by atoms with Crippen LogP contribution in [0.2, 0.25) is 0 Å². The summed E-state index contributed by atoms with van der Waals surface area (Å²) in [6.07, 6.45) is 2.10. The van der Waals surface area contributed by atoms with Crippen LogP contribution in [-0.2, 0) is 0 Å². The number of hydrogen-bond donors (Lipinski definition) is 1. The fourth-order valence-electron chi connectivity index (χ4n) is 2.95. The molecule has 1 aromatic heterocycles. The van der Waals surface area contributed by atoms with Gasteiger partial charge in [-0.1, -0.05) is 70.2 Å². The Morgan fingerprint density at radius 3 is 2.33 bits per heavy atom. The largest absolute Gasteiger partial charge is 0.360 e. The average molecular weight is 277 g/mol. The van der Waals surface area contributed by atoms with Gasteiger partial charge in [-0.2, -0.15) is 0 Å². The first kappa shape index (κ1) is 13.9. The Balaban J connectivity index is 2.22. The van der Waals surface area contributed by atoms with Crippen molar-refractivity contribution in [1.29, 1.82) is 0 Å². The van der Waals surface area contributed by atoms with Crippen LogP contribution in [0.3, 0.4) is 0 Å². The van der Waals surface area contributed by atoms with Crippen LogP contribution in [0.5, 0.6) is 0 Å². The second kappa shape index (κ2) is 5.40. The Morgan fingerprint density at radius 1 is 0.857 bits per heavy atom. The van der Waals surface area contributed by atoms with Gasteiger partial charge in [0.15, 0.2) is 0 Å². The molecule has 0 spiro atoms. The third-order valence-electron chi connectivity index (χ3n) is 4.24. The molecule has 0 aliphatic rings. The highest BCUT2D eigenvalue weighted by molar-refractivity contribution is 5.96. The van der Waals surface area contributed by atoms with Crippen LogP contribution in [-0.4, -0.2) is 4.98 Å². The number of fused-ring (bicyclic) bond motifs is 1. The van der Waals surface area contributed by atoms with E-state index in [0.29, 0.717) is 11.8 Å². The predicted molar refractivity (Wildman–Crippen MR) is 91.9 cm³/mol. The number of H-pyrrole nitrogens is 1. The maximum Gasteiger partial charge on any atom is 0.0536 e. The van der Waals surface area contributed by atoms with E-state index in [9.17, 15) is 0 Å². The minimum atomic E-state index is 0.515. The SMILES string of the molecule is CC(C)c1ccc(-c2[nH]cc3ccccc23)c(C(C)C)c1. The molecule has 0 saturated heterocycles. The quantitative estimate of drug-likeness (QED) is 0.597. The fraction of sp³-hybridized carbons (Fsp3) is 0.300. The van der Waals surface area contributed by atoms with Crippen molar-refractivity contribution in [3.05, 3.63) is 59.8 Å². The van der Waals surface area contributed by atoms with Gasteiger partial charge in [-0.15, -0.1) is 0 Å². The van der Waals surface area contributed by atoms with Crippen molar-refractivity contribution in [1.82, 2.24) is 4.98 Å². The molecule has 3 aromatic rings. The van der Waals surface area contributed by atoms with Gasteiger partial charge in [0.2, 0.25) is 0 Å². The predicted octanol–water partition coefficient (Wildman–Crippen LogP) is 6.08. The number of nitrogens with one attached hydrogen (secondary N) is 1. The summed E-state index contributed by atoms with van der Waals surface area (Å²) >= 11 is 0. The summed E-state index contributed by atoms with van der Waals surface area (Å²) in [5.41, 5.74) is 5.41. The Morgan fingerprint density at radius 2 is 1.62 bits per heavy atom. The van der Waals surface area contributed by atoms with E-state index < -0.39 is 0 Å². The zero-order valence-electron chi connectivity index (χ0n) is 13.3. The van der Waals surface area contributed by atoms with Crippen LogP contribution in [0.4, 0.5) is 0 Å². The molecule has 1 heterocycles. The van der Waals surface area contributed by atoms with E-state index in [0.717, 1.165) is 0 Å². The molecule has 0 aliphatic carbocycles. The monoisotopic (exact) mass is 277 g/mol. The second-order valence-electron chi connectivity index (χ2n) is 6.41. The highest BCUT2D eigenvalue weighted by Crippen LogP contribution is 2.35. The smallest absolute Gasteiger partial charge is 0.0536 e. The van der Waals surface area contributed by atoms with Crippen molar-refractivity contribution in [2.75, 3.05) is 0 Å². The van der Waals surface area contributed by atoms with E-state index in [4.69, 9.17) is 0 Å². The summed E-state index contributed by atoms with van der Waals surface area (Å²) in [5.74, 6) is 1.08. The van der Waals surface area contributed by atoms with E-state index in [2.05, 4.69) is 81.3 Å². The molecule has 0 radical (unpaired) electrons. The Bertz CT molecular complexity index is 762. The standard InChI is InChI=1S/C20H23N/c1-13(2)15-9-10-18(19(11-15)14(3)4)20-17-8-6-5-7-16(17)12-21-20/h5-14,21H,1-4H3. The molecule has 108 valence electrons. The van der Waals surface area contributed by atoms with Crippen LogP contribution in [0, 0.1) is 0 Å². The summed E-state index contributed by atoms with van der Waals surface area (Å²) in [6.45, 7) is 9.05. The fourth-order valence-corrected chi connectivity index (χ4v) is 2.95. The van der Waals surface area contributed by atoms with Gasteiger partial charge < -0.3 is 4.98 Å². The van der Waals surface area contributed by atoms with E-state index in [1.54, 1.807) is 0 Å². The van der Waals surface area contributed by atoms with Crippen LogP contribution in [0.1, 0.15) is 50.7 Å². The molecule has 0 atom stereocenters. The lowest BCUT2D eigenvalue weighted by molar-refractivity contribution is 0.835. The Kier molecular flexibility index (Phi) is 3.59. The molecular formula is C20H23N. The number of aromatic amines is 1. The van der Waals surface area contributed by atoms with Crippen molar-refractivity contribution in [2.24, 2.45) is 0 Å². The van der Waals surface area contributed by atoms with Crippen LogP contribution >= 0.6 is 0 Å². The summed E-state index contributed by atoms with van der Waals surface area (Å²) in [6, 6.07) is 15.5. The molecular weight excluding hydrogens is 254 g/mol. The summed E-state index contributed by atoms with van der Waals surface area (Å²) in [4.78, 5) is 3.47. The minimum absolute atomic E-state index is 0.515. The van der Waals surface area contributed by atoms with Crippen molar-refractivity contribution in [3.63, 3.8) is 0 Å². The normalized spacial score (nSPS) is 11.7. The topological polar surface area (TPSA) is 15.8 Å². The van der Waals surface area contributed by atoms with Gasteiger partial charge in [0.25, 0.3) is 0 Å². The van der Waals surface area contributed by atoms with Gasteiger partial charge in [0, 0.05) is 17.1 Å². The first-order chi connectivity index (χ1) is 10.1. The molecule has 0 saturated carbocycles. The maximum absolute atomic E-state index is 3.47. The lowest BCUT2D eigenvalue weighted by Crippen LogP contribution is -1.97. The first-order valence-corrected chi connectivity index (χ1v) is 7.78. The van der Waals surface area contributed by atoms with E-state index in [-0.39, 0.29) is 0 Å². The zero-order chi connectivity index (χ0) is 15.0. The number of benzene rings is 2. The van der Waals surface area contributed by atoms with Gasteiger partial charge >= 0.3 is 0 Å². The summed E-state index contributed by atoms with van der Waals surface area (Å²) in [7, 11) is 0. The first-order valence-electron chi connectivity index (χ1n) is 7.78. The lowest BCUT2D eigenvalue weighted by atomic mass is 9.89. The van der Waals surface area contributed by atoms with Crippen LogP contribution in [0.15, 0.2) is 48.7 Å². The second-order valence-corrected chi connectivity index (χ2v) is 6.41. The van der Waals surface area contributed by atoms with Crippen molar-refractivity contribution in [2.45, 2.75) is 39.5 Å². The zero-order valence-corrected chi connectivity index (χ0v) is 13.3. The summed E-state index contributed by atoms with van der Waals surface area (Å²) in [5, 5.41) is 2.58. The molecule has 1 heteroatoms. The molecule has 0 unspecified atom stereocenters. The summed E-state index contributed by atoms with van der Waals surface area (Å²) < 4.78 is 0. The van der Waals surface area contributed by atoms with E-state index in [1.807, 2.05) is 0 Å². The van der Waals surface area contributed by atoms with Crippen molar-refractivity contribution >= 4 is 10.8 Å². The van der Waals surface area contributed by atoms with Gasteiger partial charge in [-0.25, -0.2) is 0 Å². The van der Waals surface area contributed by atoms with E-state index in [1.165, 1.54) is 33.2 Å². The van der Waals surface area contributed by atoms with Gasteiger partial charge in [-0.3, -0.25) is 0 Å². The van der Waals surface area contributed by atoms with Gasteiger partial charge in [-0.05, 0) is 28.3 Å². The van der Waals surface area contributed by atoms with Crippen molar-refractivity contribution < 1.29 is 0 Å². The molecule has 3 rings (SSSR count). The number of rotatable bonds is 3. The molecule has 0 fully saturated rings.